The zero-order valence-electron chi connectivity index (χ0n) is 11.1. The highest BCUT2D eigenvalue weighted by atomic mass is 32.2. The summed E-state index contributed by atoms with van der Waals surface area (Å²) in [6, 6.07) is 2.83. The average molecular weight is 265 g/mol. The number of aliphatic hydroxyl groups is 1. The Kier molecular flexibility index (Phi) is 3.71. The van der Waals surface area contributed by atoms with Crippen LogP contribution in [0.15, 0.2) is 12.3 Å². The molecule has 0 aliphatic heterocycles. The van der Waals surface area contributed by atoms with Crippen molar-refractivity contribution in [3.63, 3.8) is 0 Å². The third-order valence-corrected chi connectivity index (χ3v) is 5.78. The number of aromatic nitrogens is 1. The van der Waals surface area contributed by atoms with Gasteiger partial charge in [0.05, 0.1) is 6.10 Å². The second-order valence-corrected chi connectivity index (χ2v) is 7.04. The Hall–Kier alpha value is -0.410. The van der Waals surface area contributed by atoms with E-state index in [1.807, 2.05) is 0 Å². The Morgan fingerprint density at radius 3 is 3.06 bits per heavy atom. The van der Waals surface area contributed by atoms with Crippen molar-refractivity contribution in [2.24, 2.45) is 0 Å². The molecule has 2 aliphatic rings. The highest BCUT2D eigenvalue weighted by Crippen LogP contribution is 2.41. The van der Waals surface area contributed by atoms with Crippen LogP contribution in [-0.2, 0) is 6.42 Å². The van der Waals surface area contributed by atoms with Crippen molar-refractivity contribution < 1.29 is 5.11 Å². The van der Waals surface area contributed by atoms with Gasteiger partial charge < -0.3 is 9.67 Å². The number of fused-ring (bicyclic) bond motifs is 1. The monoisotopic (exact) mass is 265 g/mol. The fourth-order valence-electron chi connectivity index (χ4n) is 3.63. The van der Waals surface area contributed by atoms with Crippen molar-refractivity contribution in [3.05, 3.63) is 23.5 Å². The number of nitrogens with zero attached hydrogens (tertiary/aromatic N) is 1. The van der Waals surface area contributed by atoms with Crippen LogP contribution >= 0.6 is 11.8 Å². The predicted octanol–water partition coefficient (Wildman–Crippen LogP) is 3.70. The minimum atomic E-state index is -0.214. The van der Waals surface area contributed by atoms with Gasteiger partial charge in [0.25, 0.3) is 0 Å². The molecule has 3 atom stereocenters. The molecule has 3 rings (SSSR count). The molecular weight excluding hydrogens is 242 g/mol. The highest BCUT2D eigenvalue weighted by molar-refractivity contribution is 7.99. The summed E-state index contributed by atoms with van der Waals surface area (Å²) in [5.41, 5.74) is 2.62. The maximum absolute atomic E-state index is 10.1. The lowest BCUT2D eigenvalue weighted by molar-refractivity contribution is 0.155. The summed E-state index contributed by atoms with van der Waals surface area (Å²) < 4.78 is 2.50. The molecule has 0 bridgehead atoms. The molecule has 0 spiro atoms. The van der Waals surface area contributed by atoms with Gasteiger partial charge in [0, 0.05) is 28.7 Å². The second-order valence-electron chi connectivity index (χ2n) is 5.53. The van der Waals surface area contributed by atoms with E-state index in [9.17, 15) is 5.11 Å². The van der Waals surface area contributed by atoms with E-state index in [0.717, 1.165) is 24.5 Å². The van der Waals surface area contributed by atoms with E-state index in [2.05, 4.69) is 35.5 Å². The van der Waals surface area contributed by atoms with Crippen LogP contribution < -0.4 is 0 Å². The quantitative estimate of drug-likeness (QED) is 0.901. The van der Waals surface area contributed by atoms with E-state index in [4.69, 9.17) is 0 Å². The first-order valence-corrected chi connectivity index (χ1v) is 8.35. The largest absolute Gasteiger partial charge is 0.388 e. The molecule has 2 aliphatic carbocycles. The third-order valence-electron chi connectivity index (χ3n) is 4.47. The van der Waals surface area contributed by atoms with Crippen molar-refractivity contribution in [1.82, 2.24) is 4.57 Å². The molecule has 1 fully saturated rings. The van der Waals surface area contributed by atoms with Gasteiger partial charge in [-0.2, -0.15) is 11.8 Å². The second kappa shape index (κ2) is 5.30. The zero-order chi connectivity index (χ0) is 12.5. The van der Waals surface area contributed by atoms with E-state index < -0.39 is 0 Å². The van der Waals surface area contributed by atoms with E-state index in [-0.39, 0.29) is 6.10 Å². The van der Waals surface area contributed by atoms with Crippen LogP contribution in [-0.4, -0.2) is 20.7 Å². The van der Waals surface area contributed by atoms with E-state index in [0.29, 0.717) is 6.04 Å². The van der Waals surface area contributed by atoms with Crippen LogP contribution in [0.3, 0.4) is 0 Å². The smallest absolute Gasteiger partial charge is 0.0807 e. The molecule has 1 N–H and O–H groups in total. The maximum atomic E-state index is 10.1. The van der Waals surface area contributed by atoms with Crippen LogP contribution in [0.5, 0.6) is 0 Å². The molecular formula is C15H23NOS. The molecule has 1 aromatic heterocycles. The summed E-state index contributed by atoms with van der Waals surface area (Å²) in [7, 11) is 0. The maximum Gasteiger partial charge on any atom is 0.0807 e. The minimum Gasteiger partial charge on any atom is -0.388 e. The SMILES string of the molecule is CCSC1CCCC1n1ccc2c1CCCC2O. The topological polar surface area (TPSA) is 25.2 Å². The molecule has 3 unspecified atom stereocenters. The van der Waals surface area contributed by atoms with E-state index in [1.54, 1.807) is 0 Å². The summed E-state index contributed by atoms with van der Waals surface area (Å²) in [5, 5.41) is 10.9. The fourth-order valence-corrected chi connectivity index (χ4v) is 4.89. The Labute approximate surface area is 114 Å². The molecule has 0 aromatic carbocycles. The Balaban J connectivity index is 1.88. The molecule has 0 radical (unpaired) electrons. The third kappa shape index (κ3) is 2.12. The first-order valence-electron chi connectivity index (χ1n) is 7.30. The lowest BCUT2D eigenvalue weighted by atomic mass is 9.95. The van der Waals surface area contributed by atoms with Gasteiger partial charge in [-0.3, -0.25) is 0 Å². The molecule has 0 saturated heterocycles. The van der Waals surface area contributed by atoms with Gasteiger partial charge in [0.2, 0.25) is 0 Å². The minimum absolute atomic E-state index is 0.214. The number of hydrogen-bond donors (Lipinski definition) is 1. The van der Waals surface area contributed by atoms with Crippen molar-refractivity contribution in [2.45, 2.75) is 62.8 Å². The van der Waals surface area contributed by atoms with Gasteiger partial charge >= 0.3 is 0 Å². The summed E-state index contributed by atoms with van der Waals surface area (Å²) >= 11 is 2.11. The lowest BCUT2D eigenvalue weighted by Crippen LogP contribution is -2.20. The van der Waals surface area contributed by atoms with Gasteiger partial charge in [0.1, 0.15) is 0 Å². The summed E-state index contributed by atoms with van der Waals surface area (Å²) in [4.78, 5) is 0. The molecule has 0 amide bonds. The predicted molar refractivity (Wildman–Crippen MR) is 77.1 cm³/mol. The number of hydrogen-bond acceptors (Lipinski definition) is 2. The van der Waals surface area contributed by atoms with Gasteiger partial charge in [-0.05, 0) is 43.9 Å². The molecule has 1 aromatic rings. The zero-order valence-corrected chi connectivity index (χ0v) is 12.0. The number of rotatable bonds is 3. The van der Waals surface area contributed by atoms with E-state index in [1.165, 1.54) is 36.3 Å². The summed E-state index contributed by atoms with van der Waals surface area (Å²) in [5.74, 6) is 1.22. The van der Waals surface area contributed by atoms with Crippen LogP contribution in [0.25, 0.3) is 0 Å². The van der Waals surface area contributed by atoms with Crippen LogP contribution in [0.2, 0.25) is 0 Å². The fraction of sp³-hybridized carbons (Fsp3) is 0.733. The van der Waals surface area contributed by atoms with Crippen molar-refractivity contribution in [3.8, 4) is 0 Å². The lowest BCUT2D eigenvalue weighted by Gasteiger charge is -2.26. The highest BCUT2D eigenvalue weighted by Gasteiger charge is 2.31. The van der Waals surface area contributed by atoms with Gasteiger partial charge in [-0.15, -0.1) is 0 Å². The first kappa shape index (κ1) is 12.6. The number of thioether (sulfide) groups is 1. The molecule has 100 valence electrons. The first-order chi connectivity index (χ1) is 8.81. The van der Waals surface area contributed by atoms with Crippen molar-refractivity contribution in [1.29, 1.82) is 0 Å². The summed E-state index contributed by atoms with van der Waals surface area (Å²) in [6.07, 6.45) is 9.28. The summed E-state index contributed by atoms with van der Waals surface area (Å²) in [6.45, 7) is 2.26. The Morgan fingerprint density at radius 1 is 1.33 bits per heavy atom. The van der Waals surface area contributed by atoms with E-state index >= 15 is 0 Å². The van der Waals surface area contributed by atoms with Crippen LogP contribution in [0.4, 0.5) is 0 Å². The van der Waals surface area contributed by atoms with Crippen LogP contribution in [0, 0.1) is 0 Å². The Bertz CT molecular complexity index is 415. The molecule has 1 saturated carbocycles. The molecule has 3 heteroatoms. The Morgan fingerprint density at radius 2 is 2.22 bits per heavy atom. The van der Waals surface area contributed by atoms with Gasteiger partial charge in [0.15, 0.2) is 0 Å². The molecule has 1 heterocycles. The molecule has 2 nitrogen and oxygen atoms in total. The molecule has 18 heavy (non-hydrogen) atoms. The van der Waals surface area contributed by atoms with Crippen molar-refractivity contribution in [2.75, 3.05) is 5.75 Å². The number of aliphatic hydroxyl groups excluding tert-OH is 1. The van der Waals surface area contributed by atoms with Gasteiger partial charge in [-0.1, -0.05) is 13.3 Å². The van der Waals surface area contributed by atoms with Crippen molar-refractivity contribution >= 4 is 11.8 Å². The average Bonchev–Trinajstić information content (AvgIpc) is 2.96. The standard InChI is InChI=1S/C15H23NOS/c1-2-18-15-8-4-6-13(15)16-10-9-11-12(16)5-3-7-14(11)17/h9-10,13-15,17H,2-8H2,1H3. The van der Waals surface area contributed by atoms with Crippen LogP contribution in [0.1, 0.15) is 62.4 Å². The normalized spacial score (nSPS) is 31.6. The van der Waals surface area contributed by atoms with Gasteiger partial charge in [-0.25, -0.2) is 0 Å².